The third-order valence-electron chi connectivity index (χ3n) is 18.0. The molecule has 0 radical (unpaired) electrons. The topological polar surface area (TPSA) is 60.5 Å². The summed E-state index contributed by atoms with van der Waals surface area (Å²) in [5.41, 5.74) is 4.53. The number of aryl methyl sites for hydroxylation is 2. The highest BCUT2D eigenvalue weighted by Crippen LogP contribution is 2.77. The van der Waals surface area contributed by atoms with E-state index in [-0.39, 0.29) is 58.0 Å². The maximum Gasteiger partial charge on any atom is 0.737 e. The Morgan fingerprint density at radius 3 is 2.38 bits per heavy atom. The quantitative estimate of drug-likeness (QED) is 0.158. The Labute approximate surface area is 328 Å². The van der Waals surface area contributed by atoms with Gasteiger partial charge >= 0.3 is 18.9 Å². The highest BCUT2D eigenvalue weighted by Gasteiger charge is 2.71. The fourth-order valence-corrected chi connectivity index (χ4v) is 15.3. The molecule has 9 heteroatoms. The van der Waals surface area contributed by atoms with Crippen molar-refractivity contribution in [2.75, 3.05) is 6.61 Å². The average Bonchev–Trinajstić information content (AvgIpc) is 3.78. The largest absolute Gasteiger partial charge is 0.737 e. The fraction of sp³-hybridized carbons (Fsp3) is 0.717. The number of rotatable bonds is 7. The first-order chi connectivity index (χ1) is 25.7. The third-order valence-corrected chi connectivity index (χ3v) is 18.0. The first kappa shape index (κ1) is 38.9. The summed E-state index contributed by atoms with van der Waals surface area (Å²) in [6.07, 6.45) is 16.5. The first-order valence-corrected chi connectivity index (χ1v) is 21.5. The van der Waals surface area contributed by atoms with Crippen molar-refractivity contribution in [2.24, 2.45) is 56.7 Å². The second-order valence-corrected chi connectivity index (χ2v) is 20.7. The molecule has 3 heterocycles. The van der Waals surface area contributed by atoms with Gasteiger partial charge in [-0.2, -0.15) is 0 Å². The van der Waals surface area contributed by atoms with Gasteiger partial charge in [-0.3, -0.25) is 9.59 Å². The van der Waals surface area contributed by atoms with Crippen molar-refractivity contribution in [2.45, 2.75) is 145 Å². The van der Waals surface area contributed by atoms with Crippen molar-refractivity contribution >= 4 is 30.7 Å². The molecular formula is C46H65BF2N2O4. The minimum Gasteiger partial charge on any atom is -0.465 e. The summed E-state index contributed by atoms with van der Waals surface area (Å²) < 4.78 is 46.6. The SMILES string of the molecule is C=C(C)[C@@H]1CC[C@]2(COC(C)=O)CC[C@]3(C)[C@H](CC[C@@H]4[C@@]5(C)CC[C@H](OC(=O)CCC6=[N+]7C(=Cc8c(C)cc(C)n8[B-]7(F)F)C=C6)C(C)(C)[C@@H]5CC[C@]43C)[C@@H]12. The second-order valence-electron chi connectivity index (χ2n) is 20.7. The fourth-order valence-electron chi connectivity index (χ4n) is 15.3. The summed E-state index contributed by atoms with van der Waals surface area (Å²) in [4.78, 5) is 25.7. The van der Waals surface area contributed by atoms with Gasteiger partial charge in [0.25, 0.3) is 0 Å². The van der Waals surface area contributed by atoms with Gasteiger partial charge in [-0.05, 0) is 148 Å². The Hall–Kier alpha value is -2.97. The van der Waals surface area contributed by atoms with Crippen LogP contribution in [0.15, 0.2) is 36.1 Å². The number of esters is 2. The minimum atomic E-state index is -4.06. The standard InChI is InChI=1S/C46H65BF2N2O4/c1-28(2)34-17-22-46(27-54-31(5)52)24-23-44(9)35(41(34)46)14-15-38-43(8)20-19-39(42(6,7)37(43)18-21-45(38,44)10)55-40(53)16-13-32-11-12-33-26-36-29(3)25-30(4)50(36)47(48,49)51(32)33/h11-12,25-26,34-35,37-39,41H,1,13-24,27H2,2-10H3/t34-,35+,37-,38+,39-,41+,43-,44+,45+,46+/m0/s1. The number of carbonyl (C=O) groups excluding carboxylic acids is 2. The van der Waals surface area contributed by atoms with Gasteiger partial charge in [0.2, 0.25) is 0 Å². The third kappa shape index (κ3) is 5.45. The van der Waals surface area contributed by atoms with Crippen LogP contribution < -0.4 is 0 Å². The molecule has 1 aromatic rings. The van der Waals surface area contributed by atoms with Gasteiger partial charge in [-0.25, -0.2) is 0 Å². The molecule has 5 fully saturated rings. The molecule has 0 amide bonds. The molecule has 0 spiro atoms. The molecule has 2 aliphatic heterocycles. The molecule has 0 N–H and O–H groups in total. The Bertz CT molecular complexity index is 1930. The molecule has 55 heavy (non-hydrogen) atoms. The van der Waals surface area contributed by atoms with Crippen LogP contribution in [-0.2, 0) is 19.1 Å². The van der Waals surface area contributed by atoms with Crippen LogP contribution >= 0.6 is 0 Å². The highest BCUT2D eigenvalue weighted by atomic mass is 19.2. The van der Waals surface area contributed by atoms with Crippen LogP contribution in [0.3, 0.4) is 0 Å². The minimum absolute atomic E-state index is 0.0546. The summed E-state index contributed by atoms with van der Waals surface area (Å²) in [6, 6.07) is 1.81. The lowest BCUT2D eigenvalue weighted by Crippen LogP contribution is -2.67. The van der Waals surface area contributed by atoms with E-state index in [0.717, 1.165) is 53.1 Å². The maximum atomic E-state index is 16.0. The van der Waals surface area contributed by atoms with Crippen LogP contribution in [0.1, 0.15) is 142 Å². The van der Waals surface area contributed by atoms with E-state index in [0.29, 0.717) is 59.0 Å². The van der Waals surface area contributed by atoms with Crippen molar-refractivity contribution in [3.05, 3.63) is 53.0 Å². The van der Waals surface area contributed by atoms with E-state index < -0.39 is 6.97 Å². The monoisotopic (exact) mass is 759 g/mol. The van der Waals surface area contributed by atoms with Gasteiger partial charge < -0.3 is 27.1 Å². The van der Waals surface area contributed by atoms with E-state index >= 15 is 8.63 Å². The number of carbonyl (C=O) groups is 2. The number of halogens is 2. The molecule has 0 saturated heterocycles. The van der Waals surface area contributed by atoms with E-state index in [1.807, 2.05) is 19.1 Å². The van der Waals surface area contributed by atoms with Gasteiger partial charge in [0.15, 0.2) is 5.70 Å². The molecule has 1 aromatic heterocycles. The molecule has 0 bridgehead atoms. The predicted molar refractivity (Wildman–Crippen MR) is 214 cm³/mol. The summed E-state index contributed by atoms with van der Waals surface area (Å²) in [5.74, 6) is 2.10. The molecule has 10 atom stereocenters. The van der Waals surface area contributed by atoms with Crippen LogP contribution in [0.4, 0.5) is 8.63 Å². The molecule has 7 aliphatic rings. The molecule has 6 nitrogen and oxygen atoms in total. The van der Waals surface area contributed by atoms with Crippen molar-refractivity contribution in [3.63, 3.8) is 0 Å². The van der Waals surface area contributed by atoms with E-state index in [2.05, 4.69) is 48.1 Å². The number of aromatic nitrogens is 1. The van der Waals surface area contributed by atoms with Crippen molar-refractivity contribution in [3.8, 4) is 0 Å². The highest BCUT2D eigenvalue weighted by molar-refractivity contribution is 6.58. The van der Waals surface area contributed by atoms with Crippen LogP contribution in [0.25, 0.3) is 6.08 Å². The second kappa shape index (κ2) is 12.8. The molecule has 5 saturated carbocycles. The summed E-state index contributed by atoms with van der Waals surface area (Å²) in [7, 11) is 0. The van der Waals surface area contributed by atoms with E-state index in [4.69, 9.17) is 9.47 Å². The molecule has 8 rings (SSSR count). The first-order valence-electron chi connectivity index (χ1n) is 21.5. The molecule has 300 valence electrons. The van der Waals surface area contributed by atoms with Gasteiger partial charge in [0, 0.05) is 48.1 Å². The van der Waals surface area contributed by atoms with E-state index in [1.165, 1.54) is 31.3 Å². The summed E-state index contributed by atoms with van der Waals surface area (Å²) >= 11 is 0. The maximum absolute atomic E-state index is 16.0. The van der Waals surface area contributed by atoms with Crippen molar-refractivity contribution < 1.29 is 32.2 Å². The Balaban J connectivity index is 0.981. The van der Waals surface area contributed by atoms with Gasteiger partial charge in [0.1, 0.15) is 11.8 Å². The Morgan fingerprint density at radius 2 is 1.67 bits per heavy atom. The number of ether oxygens (including phenoxy) is 2. The average molecular weight is 759 g/mol. The molecule has 0 aromatic carbocycles. The smallest absolute Gasteiger partial charge is 0.465 e. The zero-order chi connectivity index (χ0) is 39.7. The normalized spacial score (nSPS) is 40.5. The molecular weight excluding hydrogens is 693 g/mol. The van der Waals surface area contributed by atoms with Gasteiger partial charge in [-0.1, -0.05) is 46.8 Å². The molecule has 0 unspecified atom stereocenters. The van der Waals surface area contributed by atoms with Gasteiger partial charge in [-0.15, -0.1) is 0 Å². The van der Waals surface area contributed by atoms with E-state index in [9.17, 15) is 9.59 Å². The Kier molecular flexibility index (Phi) is 9.03. The van der Waals surface area contributed by atoms with E-state index in [1.54, 1.807) is 26.0 Å². The summed E-state index contributed by atoms with van der Waals surface area (Å²) in [5, 5.41) is 0. The lowest BCUT2D eigenvalue weighted by atomic mass is 9.32. The zero-order valence-corrected chi connectivity index (χ0v) is 35.0. The van der Waals surface area contributed by atoms with Crippen LogP contribution in [0.5, 0.6) is 0 Å². The van der Waals surface area contributed by atoms with Crippen LogP contribution in [0.2, 0.25) is 0 Å². The Morgan fingerprint density at radius 1 is 0.927 bits per heavy atom. The number of hydrogen-bond donors (Lipinski definition) is 0. The number of allylic oxidation sites excluding steroid dienone is 3. The summed E-state index contributed by atoms with van der Waals surface area (Å²) in [6.45, 7) is 20.8. The lowest BCUT2D eigenvalue weighted by Gasteiger charge is -2.73. The lowest BCUT2D eigenvalue weighted by molar-refractivity contribution is -0.362. The zero-order valence-electron chi connectivity index (χ0n) is 35.0. The van der Waals surface area contributed by atoms with Gasteiger partial charge in [0.05, 0.1) is 13.0 Å². The number of nitrogens with zero attached hydrogens (tertiary/aromatic N) is 2. The van der Waals surface area contributed by atoms with Crippen LogP contribution in [0, 0.1) is 70.5 Å². The van der Waals surface area contributed by atoms with Crippen LogP contribution in [-0.4, -0.2) is 46.3 Å². The molecule has 5 aliphatic carbocycles. The number of hydrogen-bond acceptors (Lipinski definition) is 4. The van der Waals surface area contributed by atoms with Crippen molar-refractivity contribution in [1.29, 1.82) is 0 Å². The predicted octanol–water partition coefficient (Wildman–Crippen LogP) is 10.6. The number of fused-ring (bicyclic) bond motifs is 9. The van der Waals surface area contributed by atoms with Crippen molar-refractivity contribution in [1.82, 2.24) is 4.48 Å².